The highest BCUT2D eigenvalue weighted by atomic mass is 32.1. The standard InChI is InChI=1S/C16H20N2O3S/c1-9-5-6-12(8-19)7-13(9)18-15(20)14-10(2)17-16(22-14)11(3)21-4/h5-7,11,19H,8H2,1-4H3,(H,18,20). The predicted molar refractivity (Wildman–Crippen MR) is 87.3 cm³/mol. The first-order valence-electron chi connectivity index (χ1n) is 6.98. The van der Waals surface area contributed by atoms with Gasteiger partial charge >= 0.3 is 0 Å². The lowest BCUT2D eigenvalue weighted by Crippen LogP contribution is -2.12. The highest BCUT2D eigenvalue weighted by Crippen LogP contribution is 2.26. The Balaban J connectivity index is 2.24. The molecule has 1 heterocycles. The summed E-state index contributed by atoms with van der Waals surface area (Å²) in [7, 11) is 1.62. The molecule has 0 fully saturated rings. The van der Waals surface area contributed by atoms with E-state index < -0.39 is 0 Å². The van der Waals surface area contributed by atoms with Crippen molar-refractivity contribution in [2.24, 2.45) is 0 Å². The first-order chi connectivity index (χ1) is 10.5. The number of amides is 1. The fraction of sp³-hybridized carbons (Fsp3) is 0.375. The number of aryl methyl sites for hydroxylation is 2. The maximum absolute atomic E-state index is 12.5. The average molecular weight is 320 g/mol. The molecule has 0 bridgehead atoms. The van der Waals surface area contributed by atoms with Gasteiger partial charge in [0.05, 0.1) is 12.3 Å². The molecule has 0 radical (unpaired) electrons. The van der Waals surface area contributed by atoms with Crippen LogP contribution in [0.25, 0.3) is 0 Å². The summed E-state index contributed by atoms with van der Waals surface area (Å²) >= 11 is 1.34. The number of nitrogens with one attached hydrogen (secondary N) is 1. The lowest BCUT2D eigenvalue weighted by molar-refractivity contribution is 0.102. The maximum Gasteiger partial charge on any atom is 0.267 e. The largest absolute Gasteiger partial charge is 0.392 e. The Labute approximate surface area is 134 Å². The molecule has 0 aliphatic heterocycles. The van der Waals surface area contributed by atoms with E-state index in [4.69, 9.17) is 4.74 Å². The molecule has 2 N–H and O–H groups in total. The van der Waals surface area contributed by atoms with E-state index in [1.54, 1.807) is 13.2 Å². The van der Waals surface area contributed by atoms with E-state index in [0.717, 1.165) is 16.1 Å². The van der Waals surface area contributed by atoms with Crippen molar-refractivity contribution in [1.82, 2.24) is 4.98 Å². The van der Waals surface area contributed by atoms with Crippen LogP contribution in [0, 0.1) is 13.8 Å². The number of hydrogen-bond donors (Lipinski definition) is 2. The predicted octanol–water partition coefficient (Wildman–Crippen LogP) is 3.21. The van der Waals surface area contributed by atoms with E-state index in [1.165, 1.54) is 11.3 Å². The van der Waals surface area contributed by atoms with E-state index in [-0.39, 0.29) is 18.6 Å². The second kappa shape index (κ2) is 7.00. The Morgan fingerprint density at radius 1 is 1.45 bits per heavy atom. The van der Waals surface area contributed by atoms with Gasteiger partial charge in [0, 0.05) is 12.8 Å². The second-order valence-electron chi connectivity index (χ2n) is 5.11. The minimum Gasteiger partial charge on any atom is -0.392 e. The Hall–Kier alpha value is -1.76. The van der Waals surface area contributed by atoms with Gasteiger partial charge in [-0.25, -0.2) is 4.98 Å². The smallest absolute Gasteiger partial charge is 0.267 e. The number of carbonyl (C=O) groups excluding carboxylic acids is 1. The van der Waals surface area contributed by atoms with Crippen molar-refractivity contribution in [2.45, 2.75) is 33.5 Å². The van der Waals surface area contributed by atoms with Gasteiger partial charge in [-0.2, -0.15) is 0 Å². The zero-order chi connectivity index (χ0) is 16.3. The highest BCUT2D eigenvalue weighted by molar-refractivity contribution is 7.14. The van der Waals surface area contributed by atoms with Crippen molar-refractivity contribution < 1.29 is 14.6 Å². The van der Waals surface area contributed by atoms with E-state index in [0.29, 0.717) is 16.3 Å². The number of thiazole rings is 1. The molecule has 118 valence electrons. The van der Waals surface area contributed by atoms with Gasteiger partial charge in [0.15, 0.2) is 0 Å². The van der Waals surface area contributed by atoms with E-state index >= 15 is 0 Å². The van der Waals surface area contributed by atoms with Crippen molar-refractivity contribution in [3.05, 3.63) is 44.9 Å². The number of carbonyl (C=O) groups is 1. The van der Waals surface area contributed by atoms with Gasteiger partial charge in [-0.05, 0) is 38.0 Å². The molecule has 2 aromatic rings. The first kappa shape index (κ1) is 16.6. The Morgan fingerprint density at radius 2 is 2.18 bits per heavy atom. The topological polar surface area (TPSA) is 71.5 Å². The SMILES string of the molecule is COC(C)c1nc(C)c(C(=O)Nc2cc(CO)ccc2C)s1. The van der Waals surface area contributed by atoms with Crippen molar-refractivity contribution in [2.75, 3.05) is 12.4 Å². The fourth-order valence-electron chi connectivity index (χ4n) is 1.98. The van der Waals surface area contributed by atoms with Crippen molar-refractivity contribution >= 4 is 22.9 Å². The van der Waals surface area contributed by atoms with Gasteiger partial charge in [-0.1, -0.05) is 12.1 Å². The summed E-state index contributed by atoms with van der Waals surface area (Å²) < 4.78 is 5.24. The van der Waals surface area contributed by atoms with Gasteiger partial charge in [-0.3, -0.25) is 4.79 Å². The van der Waals surface area contributed by atoms with Crippen LogP contribution in [0.1, 0.15) is 44.5 Å². The third-order valence-corrected chi connectivity index (χ3v) is 4.77. The third kappa shape index (κ3) is 3.52. The number of rotatable bonds is 5. The summed E-state index contributed by atoms with van der Waals surface area (Å²) in [6.45, 7) is 5.57. The van der Waals surface area contributed by atoms with Crippen LogP contribution in [0.2, 0.25) is 0 Å². The third-order valence-electron chi connectivity index (χ3n) is 3.45. The van der Waals surface area contributed by atoms with Crippen molar-refractivity contribution in [3.63, 3.8) is 0 Å². The molecule has 22 heavy (non-hydrogen) atoms. The van der Waals surface area contributed by atoms with Crippen LogP contribution in [0.3, 0.4) is 0 Å². The van der Waals surface area contributed by atoms with Crippen LogP contribution in [0.4, 0.5) is 5.69 Å². The minimum absolute atomic E-state index is 0.0573. The second-order valence-corrected chi connectivity index (χ2v) is 6.14. The molecule has 0 saturated heterocycles. The molecule has 0 saturated carbocycles. The van der Waals surface area contributed by atoms with E-state index in [9.17, 15) is 9.90 Å². The van der Waals surface area contributed by atoms with Crippen molar-refractivity contribution in [1.29, 1.82) is 0 Å². The molecular formula is C16H20N2O3S. The number of ether oxygens (including phenoxy) is 1. The zero-order valence-electron chi connectivity index (χ0n) is 13.1. The molecule has 1 aromatic carbocycles. The Bertz CT molecular complexity index is 682. The summed E-state index contributed by atoms with van der Waals surface area (Å²) in [4.78, 5) is 17.4. The number of methoxy groups -OCH3 is 1. The monoisotopic (exact) mass is 320 g/mol. The number of aliphatic hydroxyl groups excluding tert-OH is 1. The number of benzene rings is 1. The molecule has 1 amide bonds. The van der Waals surface area contributed by atoms with Gasteiger partial charge in [0.1, 0.15) is 16.0 Å². The van der Waals surface area contributed by atoms with E-state index in [1.807, 2.05) is 32.9 Å². The fourth-order valence-corrected chi connectivity index (χ4v) is 2.97. The lowest BCUT2D eigenvalue weighted by Gasteiger charge is -2.09. The van der Waals surface area contributed by atoms with Gasteiger partial charge < -0.3 is 15.2 Å². The summed E-state index contributed by atoms with van der Waals surface area (Å²) in [5, 5.41) is 12.9. The molecule has 6 heteroatoms. The lowest BCUT2D eigenvalue weighted by atomic mass is 10.1. The minimum atomic E-state index is -0.192. The molecule has 0 spiro atoms. The van der Waals surface area contributed by atoms with Crippen LogP contribution >= 0.6 is 11.3 Å². The number of anilines is 1. The van der Waals surface area contributed by atoms with E-state index in [2.05, 4.69) is 10.3 Å². The number of nitrogens with zero attached hydrogens (tertiary/aromatic N) is 1. The zero-order valence-corrected chi connectivity index (χ0v) is 14.0. The molecule has 0 aliphatic rings. The normalized spacial score (nSPS) is 12.2. The highest BCUT2D eigenvalue weighted by Gasteiger charge is 2.19. The molecule has 1 unspecified atom stereocenters. The number of aliphatic hydroxyl groups is 1. The average Bonchev–Trinajstić information content (AvgIpc) is 2.90. The quantitative estimate of drug-likeness (QED) is 0.887. The Kier molecular flexibility index (Phi) is 5.28. The molecule has 5 nitrogen and oxygen atoms in total. The molecular weight excluding hydrogens is 300 g/mol. The summed E-state index contributed by atoms with van der Waals surface area (Å²) in [5.74, 6) is -0.192. The van der Waals surface area contributed by atoms with Gasteiger partial charge in [0.2, 0.25) is 0 Å². The molecule has 0 aliphatic carbocycles. The van der Waals surface area contributed by atoms with Crippen LogP contribution in [-0.4, -0.2) is 23.1 Å². The van der Waals surface area contributed by atoms with Crippen LogP contribution in [0.5, 0.6) is 0 Å². The summed E-state index contributed by atoms with van der Waals surface area (Å²) in [6, 6.07) is 5.49. The molecule has 2 rings (SSSR count). The first-order valence-corrected chi connectivity index (χ1v) is 7.79. The molecule has 1 aromatic heterocycles. The van der Waals surface area contributed by atoms with Crippen LogP contribution in [0.15, 0.2) is 18.2 Å². The van der Waals surface area contributed by atoms with Crippen LogP contribution in [-0.2, 0) is 11.3 Å². The van der Waals surface area contributed by atoms with Crippen LogP contribution < -0.4 is 5.32 Å². The maximum atomic E-state index is 12.5. The number of aromatic nitrogens is 1. The summed E-state index contributed by atoms with van der Waals surface area (Å²) in [6.07, 6.45) is -0.135. The van der Waals surface area contributed by atoms with Gasteiger partial charge in [-0.15, -0.1) is 11.3 Å². The molecule has 1 atom stereocenters. The summed E-state index contributed by atoms with van der Waals surface area (Å²) in [5.41, 5.74) is 3.09. The number of hydrogen-bond acceptors (Lipinski definition) is 5. The van der Waals surface area contributed by atoms with Crippen molar-refractivity contribution in [3.8, 4) is 0 Å². The van der Waals surface area contributed by atoms with Gasteiger partial charge in [0.25, 0.3) is 5.91 Å². The Morgan fingerprint density at radius 3 is 2.82 bits per heavy atom.